The van der Waals surface area contributed by atoms with Crippen LogP contribution >= 0.6 is 0 Å². The number of nitrogens with zero attached hydrogens (tertiary/aromatic N) is 1. The fourth-order valence-electron chi connectivity index (χ4n) is 1.67. The average Bonchev–Trinajstić information content (AvgIpc) is 2.13. The molecule has 74 valence electrons. The van der Waals surface area contributed by atoms with Crippen LogP contribution in [0, 0.1) is 0 Å². The predicted molar refractivity (Wildman–Crippen MR) is 53.1 cm³/mol. The van der Waals surface area contributed by atoms with E-state index in [2.05, 4.69) is 20.8 Å². The van der Waals surface area contributed by atoms with E-state index in [1.165, 1.54) is 19.4 Å². The molecule has 0 aromatic rings. The van der Waals surface area contributed by atoms with E-state index >= 15 is 0 Å². The Hall–Kier alpha value is -0.0800. The van der Waals surface area contributed by atoms with Gasteiger partial charge in [-0.1, -0.05) is 13.3 Å². The number of aliphatic hydroxyl groups excluding tert-OH is 1. The van der Waals surface area contributed by atoms with E-state index in [1.54, 1.807) is 0 Å². The molecule has 0 aliphatic heterocycles. The second-order valence-electron chi connectivity index (χ2n) is 3.50. The number of quaternary nitrogens is 1. The molecule has 0 spiro atoms. The van der Waals surface area contributed by atoms with Crippen LogP contribution in [0.1, 0.15) is 33.6 Å². The molecular formula is C10H24NO+. The molecule has 0 aliphatic rings. The Morgan fingerprint density at radius 3 is 1.92 bits per heavy atom. The number of unbranched alkanes of at least 4 members (excludes halogenated alkanes) is 1. The van der Waals surface area contributed by atoms with Gasteiger partial charge in [0.15, 0.2) is 0 Å². The van der Waals surface area contributed by atoms with E-state index in [1.807, 2.05) is 0 Å². The van der Waals surface area contributed by atoms with Crippen molar-refractivity contribution in [2.24, 2.45) is 0 Å². The zero-order valence-corrected chi connectivity index (χ0v) is 8.84. The topological polar surface area (TPSA) is 20.2 Å². The molecule has 0 radical (unpaired) electrons. The molecule has 0 aliphatic carbocycles. The van der Waals surface area contributed by atoms with Gasteiger partial charge in [-0.3, -0.25) is 0 Å². The molecule has 2 heteroatoms. The minimum Gasteiger partial charge on any atom is -0.391 e. The first-order valence-corrected chi connectivity index (χ1v) is 5.20. The van der Waals surface area contributed by atoms with Crippen LogP contribution in [-0.4, -0.2) is 42.4 Å². The van der Waals surface area contributed by atoms with Gasteiger partial charge in [0.2, 0.25) is 0 Å². The van der Waals surface area contributed by atoms with E-state index in [4.69, 9.17) is 5.11 Å². The van der Waals surface area contributed by atoms with Crippen LogP contribution in [0.3, 0.4) is 0 Å². The van der Waals surface area contributed by atoms with Crippen molar-refractivity contribution in [1.82, 2.24) is 0 Å². The van der Waals surface area contributed by atoms with Crippen LogP contribution < -0.4 is 0 Å². The molecule has 0 amide bonds. The largest absolute Gasteiger partial charge is 0.391 e. The van der Waals surface area contributed by atoms with Gasteiger partial charge >= 0.3 is 0 Å². The van der Waals surface area contributed by atoms with Gasteiger partial charge in [0.1, 0.15) is 6.54 Å². The molecule has 0 bridgehead atoms. The Morgan fingerprint density at radius 2 is 1.58 bits per heavy atom. The number of likely N-dealkylation sites (N-methyl/N-ethyl adjacent to an activating group) is 1. The lowest BCUT2D eigenvalue weighted by molar-refractivity contribution is -0.925. The van der Waals surface area contributed by atoms with Crippen molar-refractivity contribution in [2.75, 3.05) is 32.8 Å². The number of hydrogen-bond donors (Lipinski definition) is 1. The van der Waals surface area contributed by atoms with Crippen molar-refractivity contribution in [3.8, 4) is 0 Å². The summed E-state index contributed by atoms with van der Waals surface area (Å²) in [7, 11) is 0. The fraction of sp³-hybridized carbons (Fsp3) is 1.00. The number of hydrogen-bond acceptors (Lipinski definition) is 1. The van der Waals surface area contributed by atoms with Gasteiger partial charge in [-0.05, 0) is 20.3 Å². The zero-order chi connectivity index (χ0) is 9.45. The minimum absolute atomic E-state index is 0.325. The van der Waals surface area contributed by atoms with Crippen LogP contribution in [0.5, 0.6) is 0 Å². The van der Waals surface area contributed by atoms with Gasteiger partial charge < -0.3 is 9.59 Å². The van der Waals surface area contributed by atoms with Crippen molar-refractivity contribution < 1.29 is 9.59 Å². The minimum atomic E-state index is 0.325. The first-order chi connectivity index (χ1) is 5.74. The molecule has 0 rings (SSSR count). The normalized spacial score (nSPS) is 12.0. The monoisotopic (exact) mass is 174 g/mol. The lowest BCUT2D eigenvalue weighted by Gasteiger charge is -2.36. The molecule has 0 saturated heterocycles. The molecule has 0 saturated carbocycles. The summed E-state index contributed by atoms with van der Waals surface area (Å²) in [5, 5.41) is 8.95. The van der Waals surface area contributed by atoms with Crippen molar-refractivity contribution in [3.05, 3.63) is 0 Å². The smallest absolute Gasteiger partial charge is 0.102 e. The highest BCUT2D eigenvalue weighted by Gasteiger charge is 2.20. The Kier molecular flexibility index (Phi) is 6.39. The van der Waals surface area contributed by atoms with Crippen molar-refractivity contribution in [3.63, 3.8) is 0 Å². The van der Waals surface area contributed by atoms with Crippen molar-refractivity contribution >= 4 is 0 Å². The fourth-order valence-corrected chi connectivity index (χ4v) is 1.67. The summed E-state index contributed by atoms with van der Waals surface area (Å²) in [6.07, 6.45) is 2.53. The van der Waals surface area contributed by atoms with E-state index in [0.717, 1.165) is 24.1 Å². The standard InChI is InChI=1S/C10H24NO/c1-4-7-8-11(5-2,6-3)9-10-12/h12H,4-10H2,1-3H3/q+1. The molecule has 0 atom stereocenters. The third-order valence-electron chi connectivity index (χ3n) is 2.90. The molecule has 0 fully saturated rings. The highest BCUT2D eigenvalue weighted by atomic mass is 16.3. The van der Waals surface area contributed by atoms with E-state index in [0.29, 0.717) is 6.61 Å². The first-order valence-electron chi connectivity index (χ1n) is 5.20. The van der Waals surface area contributed by atoms with Gasteiger partial charge in [-0.25, -0.2) is 0 Å². The molecule has 1 N–H and O–H groups in total. The number of aliphatic hydroxyl groups is 1. The van der Waals surface area contributed by atoms with Crippen LogP contribution in [0.15, 0.2) is 0 Å². The third-order valence-corrected chi connectivity index (χ3v) is 2.90. The van der Waals surface area contributed by atoms with E-state index in [9.17, 15) is 0 Å². The Labute approximate surface area is 76.8 Å². The van der Waals surface area contributed by atoms with Crippen molar-refractivity contribution in [1.29, 1.82) is 0 Å². The number of rotatable bonds is 7. The lowest BCUT2D eigenvalue weighted by atomic mass is 10.2. The molecule has 12 heavy (non-hydrogen) atoms. The van der Waals surface area contributed by atoms with Crippen molar-refractivity contribution in [2.45, 2.75) is 33.6 Å². The predicted octanol–water partition coefficient (Wildman–Crippen LogP) is 1.64. The Balaban J connectivity index is 3.95. The molecule has 0 unspecified atom stereocenters. The summed E-state index contributed by atoms with van der Waals surface area (Å²) in [6, 6.07) is 0. The molecular weight excluding hydrogens is 150 g/mol. The van der Waals surface area contributed by atoms with Gasteiger partial charge in [-0.2, -0.15) is 0 Å². The third kappa shape index (κ3) is 3.55. The summed E-state index contributed by atoms with van der Waals surface area (Å²) < 4.78 is 1.09. The van der Waals surface area contributed by atoms with Gasteiger partial charge in [0.05, 0.1) is 26.2 Å². The summed E-state index contributed by atoms with van der Waals surface area (Å²) in [6.45, 7) is 11.4. The van der Waals surface area contributed by atoms with Crippen LogP contribution in [0.4, 0.5) is 0 Å². The Morgan fingerprint density at radius 1 is 1.00 bits per heavy atom. The molecule has 0 heterocycles. The van der Waals surface area contributed by atoms with Crippen LogP contribution in [-0.2, 0) is 0 Å². The molecule has 0 aromatic heterocycles. The maximum Gasteiger partial charge on any atom is 0.102 e. The quantitative estimate of drug-likeness (QED) is 0.582. The molecule has 2 nitrogen and oxygen atoms in total. The SMILES string of the molecule is CCCC[N+](CC)(CC)CCO. The van der Waals surface area contributed by atoms with Gasteiger partial charge in [0.25, 0.3) is 0 Å². The summed E-state index contributed by atoms with van der Waals surface area (Å²) in [4.78, 5) is 0. The summed E-state index contributed by atoms with van der Waals surface area (Å²) in [5.41, 5.74) is 0. The maximum atomic E-state index is 8.95. The Bertz CT molecular complexity index is 100. The van der Waals surface area contributed by atoms with E-state index in [-0.39, 0.29) is 0 Å². The maximum absolute atomic E-state index is 8.95. The van der Waals surface area contributed by atoms with E-state index < -0.39 is 0 Å². The second kappa shape index (κ2) is 6.44. The highest BCUT2D eigenvalue weighted by Crippen LogP contribution is 2.08. The first kappa shape index (κ1) is 11.9. The average molecular weight is 174 g/mol. The molecule has 0 aromatic carbocycles. The highest BCUT2D eigenvalue weighted by molar-refractivity contribution is 4.41. The van der Waals surface area contributed by atoms with Crippen LogP contribution in [0.25, 0.3) is 0 Å². The van der Waals surface area contributed by atoms with Crippen LogP contribution in [0.2, 0.25) is 0 Å². The second-order valence-corrected chi connectivity index (χ2v) is 3.50. The lowest BCUT2D eigenvalue weighted by Crippen LogP contribution is -2.50. The zero-order valence-electron chi connectivity index (χ0n) is 8.84. The van der Waals surface area contributed by atoms with Gasteiger partial charge in [0, 0.05) is 0 Å². The summed E-state index contributed by atoms with van der Waals surface area (Å²) in [5.74, 6) is 0. The van der Waals surface area contributed by atoms with Gasteiger partial charge in [-0.15, -0.1) is 0 Å². The summed E-state index contributed by atoms with van der Waals surface area (Å²) >= 11 is 0.